The number of hydrogen-bond acceptors (Lipinski definition) is 4. The largest absolute Gasteiger partial charge is 0.414 e. The minimum atomic E-state index is -3.31. The standard InChI is InChI=1S/C14H30O4SSi/c1-14(2,3)20(5,6)18-13-9-7-12(8-10-13)11-17-19(4,15)16/h12-13H,7-11H2,1-6H3. The minimum absolute atomic E-state index is 0.239. The summed E-state index contributed by atoms with van der Waals surface area (Å²) < 4.78 is 33.3. The molecule has 1 aliphatic carbocycles. The summed E-state index contributed by atoms with van der Waals surface area (Å²) in [7, 11) is -5.00. The van der Waals surface area contributed by atoms with Gasteiger partial charge in [-0.2, -0.15) is 8.42 Å². The highest BCUT2D eigenvalue weighted by molar-refractivity contribution is 7.85. The van der Waals surface area contributed by atoms with Crippen molar-refractivity contribution in [3.63, 3.8) is 0 Å². The third kappa shape index (κ3) is 5.83. The van der Waals surface area contributed by atoms with Crippen molar-refractivity contribution in [2.75, 3.05) is 12.9 Å². The molecule has 0 aromatic rings. The van der Waals surface area contributed by atoms with E-state index >= 15 is 0 Å². The molecule has 0 spiro atoms. The van der Waals surface area contributed by atoms with Crippen LogP contribution >= 0.6 is 0 Å². The Kier molecular flexibility index (Phi) is 5.86. The first-order valence-corrected chi connectivity index (χ1v) is 12.2. The Balaban J connectivity index is 2.40. The summed E-state index contributed by atoms with van der Waals surface area (Å²) in [6, 6.07) is 0. The molecule has 0 heterocycles. The van der Waals surface area contributed by atoms with Crippen LogP contribution in [0, 0.1) is 5.92 Å². The Morgan fingerprint density at radius 1 is 1.10 bits per heavy atom. The zero-order valence-corrected chi connectivity index (χ0v) is 15.5. The van der Waals surface area contributed by atoms with Gasteiger partial charge in [-0.1, -0.05) is 20.8 Å². The second-order valence-corrected chi connectivity index (χ2v) is 13.9. The summed E-state index contributed by atoms with van der Waals surface area (Å²) in [5, 5.41) is 0.239. The molecule has 0 atom stereocenters. The first-order valence-electron chi connectivity index (χ1n) is 7.43. The molecule has 6 heteroatoms. The molecule has 0 unspecified atom stereocenters. The fourth-order valence-electron chi connectivity index (χ4n) is 2.23. The molecule has 0 radical (unpaired) electrons. The van der Waals surface area contributed by atoms with Crippen LogP contribution in [0.2, 0.25) is 18.1 Å². The smallest absolute Gasteiger partial charge is 0.264 e. The maximum absolute atomic E-state index is 11.0. The van der Waals surface area contributed by atoms with Gasteiger partial charge in [0.1, 0.15) is 0 Å². The quantitative estimate of drug-likeness (QED) is 0.574. The van der Waals surface area contributed by atoms with E-state index in [0.717, 1.165) is 31.9 Å². The zero-order valence-electron chi connectivity index (χ0n) is 13.7. The van der Waals surface area contributed by atoms with Crippen molar-refractivity contribution >= 4 is 18.4 Å². The van der Waals surface area contributed by atoms with Crippen molar-refractivity contribution in [3.8, 4) is 0 Å². The minimum Gasteiger partial charge on any atom is -0.414 e. The molecule has 1 aliphatic rings. The van der Waals surface area contributed by atoms with Gasteiger partial charge in [-0.05, 0) is 49.7 Å². The van der Waals surface area contributed by atoms with Gasteiger partial charge in [-0.3, -0.25) is 4.18 Å². The second kappa shape index (κ2) is 6.46. The maximum atomic E-state index is 11.0. The fraction of sp³-hybridized carbons (Fsp3) is 1.00. The first-order chi connectivity index (χ1) is 8.91. The van der Waals surface area contributed by atoms with Crippen LogP contribution in [0.4, 0.5) is 0 Å². The van der Waals surface area contributed by atoms with E-state index in [-0.39, 0.29) is 5.04 Å². The average Bonchev–Trinajstić information content (AvgIpc) is 2.25. The van der Waals surface area contributed by atoms with Crippen molar-refractivity contribution in [2.24, 2.45) is 5.92 Å². The van der Waals surface area contributed by atoms with E-state index < -0.39 is 18.4 Å². The van der Waals surface area contributed by atoms with Crippen LogP contribution < -0.4 is 0 Å². The molecule has 1 saturated carbocycles. The summed E-state index contributed by atoms with van der Waals surface area (Å²) in [6.45, 7) is 11.7. The van der Waals surface area contributed by atoms with Crippen LogP contribution in [0.25, 0.3) is 0 Å². The van der Waals surface area contributed by atoms with Gasteiger partial charge in [-0.25, -0.2) is 0 Å². The van der Waals surface area contributed by atoms with E-state index in [1.54, 1.807) is 0 Å². The molecule has 1 fully saturated rings. The van der Waals surface area contributed by atoms with Crippen LogP contribution in [0.15, 0.2) is 0 Å². The van der Waals surface area contributed by atoms with Crippen molar-refractivity contribution in [1.29, 1.82) is 0 Å². The molecular weight excluding hydrogens is 292 g/mol. The second-order valence-electron chi connectivity index (χ2n) is 7.51. The van der Waals surface area contributed by atoms with Crippen LogP contribution in [-0.2, 0) is 18.7 Å². The lowest BCUT2D eigenvalue weighted by Gasteiger charge is -2.41. The average molecular weight is 323 g/mol. The molecule has 4 nitrogen and oxygen atoms in total. The molecule has 20 heavy (non-hydrogen) atoms. The molecular formula is C14H30O4SSi. The van der Waals surface area contributed by atoms with Crippen LogP contribution in [-0.4, -0.2) is 35.7 Å². The Labute approximate surface area is 125 Å². The van der Waals surface area contributed by atoms with Gasteiger partial charge in [0.2, 0.25) is 0 Å². The van der Waals surface area contributed by atoms with Crippen LogP contribution in [0.3, 0.4) is 0 Å². The lowest BCUT2D eigenvalue weighted by molar-refractivity contribution is 0.100. The monoisotopic (exact) mass is 322 g/mol. The van der Waals surface area contributed by atoms with Gasteiger partial charge in [0.25, 0.3) is 10.1 Å². The Morgan fingerprint density at radius 2 is 1.60 bits per heavy atom. The van der Waals surface area contributed by atoms with E-state index in [0.29, 0.717) is 18.6 Å². The molecule has 0 amide bonds. The summed E-state index contributed by atoms with van der Waals surface area (Å²) in [4.78, 5) is 0. The van der Waals surface area contributed by atoms with E-state index in [1.807, 2.05) is 0 Å². The normalized spacial score (nSPS) is 25.7. The first kappa shape index (κ1) is 18.1. The van der Waals surface area contributed by atoms with Crippen molar-refractivity contribution in [3.05, 3.63) is 0 Å². The molecule has 0 aliphatic heterocycles. The molecule has 120 valence electrons. The third-order valence-corrected chi connectivity index (χ3v) is 9.68. The van der Waals surface area contributed by atoms with Crippen molar-refractivity contribution < 1.29 is 17.0 Å². The van der Waals surface area contributed by atoms with E-state index in [9.17, 15) is 8.42 Å². The van der Waals surface area contributed by atoms with E-state index in [2.05, 4.69) is 33.9 Å². The highest BCUT2D eigenvalue weighted by atomic mass is 32.2. The zero-order chi connectivity index (χ0) is 15.6. The molecule has 0 aromatic heterocycles. The van der Waals surface area contributed by atoms with Crippen molar-refractivity contribution in [1.82, 2.24) is 0 Å². The Bertz CT molecular complexity index is 403. The summed E-state index contributed by atoms with van der Waals surface area (Å²) in [5.41, 5.74) is 0. The van der Waals surface area contributed by atoms with Gasteiger partial charge < -0.3 is 4.43 Å². The fourth-order valence-corrected chi connectivity index (χ4v) is 4.09. The van der Waals surface area contributed by atoms with Crippen LogP contribution in [0.1, 0.15) is 46.5 Å². The maximum Gasteiger partial charge on any atom is 0.264 e. The molecule has 1 rings (SSSR count). The topological polar surface area (TPSA) is 52.6 Å². The highest BCUT2D eigenvalue weighted by Crippen LogP contribution is 2.39. The number of hydrogen-bond donors (Lipinski definition) is 0. The molecule has 0 saturated heterocycles. The molecule has 0 bridgehead atoms. The SMILES string of the molecule is CC(C)(C)[Si](C)(C)OC1CCC(COS(C)(=O)=O)CC1. The highest BCUT2D eigenvalue weighted by Gasteiger charge is 2.39. The van der Waals surface area contributed by atoms with Gasteiger partial charge in [0.15, 0.2) is 8.32 Å². The van der Waals surface area contributed by atoms with Gasteiger partial charge in [0, 0.05) is 6.10 Å². The Hall–Kier alpha value is 0.0869. The lowest BCUT2D eigenvalue weighted by atomic mass is 9.88. The summed E-state index contributed by atoms with van der Waals surface area (Å²) >= 11 is 0. The Morgan fingerprint density at radius 3 is 2.00 bits per heavy atom. The van der Waals surface area contributed by atoms with Gasteiger partial charge >= 0.3 is 0 Å². The predicted octanol–water partition coefficient (Wildman–Crippen LogP) is 3.54. The lowest BCUT2D eigenvalue weighted by Crippen LogP contribution is -2.44. The summed E-state index contributed by atoms with van der Waals surface area (Å²) in [5.74, 6) is 0.351. The predicted molar refractivity (Wildman–Crippen MR) is 84.8 cm³/mol. The third-order valence-electron chi connectivity index (χ3n) is 4.58. The molecule has 0 N–H and O–H groups in total. The molecule has 0 aromatic carbocycles. The van der Waals surface area contributed by atoms with Gasteiger partial charge in [-0.15, -0.1) is 0 Å². The van der Waals surface area contributed by atoms with Crippen molar-refractivity contribution in [2.45, 2.75) is 70.7 Å². The van der Waals surface area contributed by atoms with E-state index in [4.69, 9.17) is 8.61 Å². The van der Waals surface area contributed by atoms with Crippen LogP contribution in [0.5, 0.6) is 0 Å². The number of rotatable bonds is 5. The van der Waals surface area contributed by atoms with E-state index in [1.165, 1.54) is 0 Å². The van der Waals surface area contributed by atoms with Gasteiger partial charge in [0.05, 0.1) is 12.9 Å². The summed E-state index contributed by atoms with van der Waals surface area (Å²) in [6.07, 6.45) is 5.47.